The van der Waals surface area contributed by atoms with Crippen molar-refractivity contribution in [1.29, 1.82) is 0 Å². The Kier molecular flexibility index (Phi) is 4.10. The molecule has 1 aromatic carbocycles. The van der Waals surface area contributed by atoms with Crippen LogP contribution >= 0.6 is 0 Å². The molecule has 0 radical (unpaired) electrons. The lowest BCUT2D eigenvalue weighted by atomic mass is 10.1. The zero-order valence-corrected chi connectivity index (χ0v) is 9.19. The van der Waals surface area contributed by atoms with Crippen LogP contribution in [0.2, 0.25) is 0 Å². The number of hydrogen-bond acceptors (Lipinski definition) is 2. The summed E-state index contributed by atoms with van der Waals surface area (Å²) in [6, 6.07) is 5.59. The first kappa shape index (κ1) is 11.5. The summed E-state index contributed by atoms with van der Waals surface area (Å²) < 4.78 is 5.63. The maximum Gasteiger partial charge on any atom is 0.153 e. The van der Waals surface area contributed by atoms with E-state index in [1.165, 1.54) is 0 Å². The van der Waals surface area contributed by atoms with Gasteiger partial charge in [0.05, 0.1) is 11.7 Å². The van der Waals surface area contributed by atoms with E-state index >= 15 is 0 Å². The molecule has 0 saturated carbocycles. The lowest BCUT2D eigenvalue weighted by molar-refractivity contribution is 0.111. The second kappa shape index (κ2) is 5.35. The van der Waals surface area contributed by atoms with Crippen molar-refractivity contribution >= 4 is 6.29 Å². The highest BCUT2D eigenvalue weighted by molar-refractivity contribution is 5.79. The molecule has 1 atom stereocenters. The van der Waals surface area contributed by atoms with Crippen LogP contribution in [0.1, 0.15) is 29.3 Å². The van der Waals surface area contributed by atoms with E-state index in [0.717, 1.165) is 18.3 Å². The van der Waals surface area contributed by atoms with Gasteiger partial charge in [-0.25, -0.2) is 0 Å². The number of benzene rings is 1. The molecular weight excluding hydrogens is 188 g/mol. The Morgan fingerprint density at radius 3 is 2.87 bits per heavy atom. The fraction of sp³-hybridized carbons (Fsp3) is 0.308. The number of ether oxygens (including phenoxy) is 1. The van der Waals surface area contributed by atoms with Crippen molar-refractivity contribution in [3.63, 3.8) is 0 Å². The minimum atomic E-state index is 0.0453. The van der Waals surface area contributed by atoms with E-state index in [9.17, 15) is 4.79 Å². The summed E-state index contributed by atoms with van der Waals surface area (Å²) in [5.74, 6) is 0.643. The van der Waals surface area contributed by atoms with Gasteiger partial charge in [-0.05, 0) is 26.0 Å². The van der Waals surface area contributed by atoms with Crippen molar-refractivity contribution in [2.45, 2.75) is 26.4 Å². The number of carbonyl (C=O) groups is 1. The zero-order valence-electron chi connectivity index (χ0n) is 9.19. The van der Waals surface area contributed by atoms with Crippen molar-refractivity contribution < 1.29 is 9.53 Å². The summed E-state index contributed by atoms with van der Waals surface area (Å²) in [5.41, 5.74) is 1.66. The topological polar surface area (TPSA) is 26.3 Å². The predicted octanol–water partition coefficient (Wildman–Crippen LogP) is 3.15. The summed E-state index contributed by atoms with van der Waals surface area (Å²) in [6.07, 6.45) is 3.44. The Morgan fingerprint density at radius 2 is 2.27 bits per heavy atom. The number of aldehydes is 1. The van der Waals surface area contributed by atoms with Crippen LogP contribution in [0.15, 0.2) is 30.9 Å². The average Bonchev–Trinajstić information content (AvgIpc) is 2.21. The minimum absolute atomic E-state index is 0.0453. The molecule has 1 rings (SSSR count). The molecule has 2 heteroatoms. The van der Waals surface area contributed by atoms with Crippen molar-refractivity contribution in [3.05, 3.63) is 42.0 Å². The molecule has 2 nitrogen and oxygen atoms in total. The van der Waals surface area contributed by atoms with Crippen LogP contribution in [0.3, 0.4) is 0 Å². The van der Waals surface area contributed by atoms with E-state index in [2.05, 4.69) is 6.58 Å². The van der Waals surface area contributed by atoms with Crippen molar-refractivity contribution in [3.8, 4) is 5.75 Å². The summed E-state index contributed by atoms with van der Waals surface area (Å²) >= 11 is 0. The Balaban J connectivity index is 2.84. The van der Waals surface area contributed by atoms with Gasteiger partial charge in [0.2, 0.25) is 0 Å². The molecule has 1 aromatic rings. The second-order valence-corrected chi connectivity index (χ2v) is 3.61. The third-order valence-electron chi connectivity index (χ3n) is 2.12. The van der Waals surface area contributed by atoms with Gasteiger partial charge in [0.25, 0.3) is 0 Å². The quantitative estimate of drug-likeness (QED) is 0.544. The molecule has 0 heterocycles. The van der Waals surface area contributed by atoms with E-state index < -0.39 is 0 Å². The average molecular weight is 204 g/mol. The van der Waals surface area contributed by atoms with Gasteiger partial charge in [0.1, 0.15) is 5.75 Å². The molecular formula is C13H16O2. The van der Waals surface area contributed by atoms with E-state index in [1.807, 2.05) is 32.0 Å². The molecule has 0 amide bonds. The first-order chi connectivity index (χ1) is 7.17. The van der Waals surface area contributed by atoms with E-state index in [4.69, 9.17) is 4.74 Å². The predicted molar refractivity (Wildman–Crippen MR) is 61.5 cm³/mol. The van der Waals surface area contributed by atoms with Gasteiger partial charge in [0, 0.05) is 6.42 Å². The van der Waals surface area contributed by atoms with Crippen molar-refractivity contribution in [1.82, 2.24) is 0 Å². The second-order valence-electron chi connectivity index (χ2n) is 3.61. The number of rotatable bonds is 5. The Bertz CT molecular complexity index is 356. The van der Waals surface area contributed by atoms with Gasteiger partial charge in [-0.3, -0.25) is 4.79 Å². The lowest BCUT2D eigenvalue weighted by Gasteiger charge is -2.14. The summed E-state index contributed by atoms with van der Waals surface area (Å²) in [7, 11) is 0. The molecule has 0 fully saturated rings. The summed E-state index contributed by atoms with van der Waals surface area (Å²) in [4.78, 5) is 10.8. The smallest absolute Gasteiger partial charge is 0.153 e. The Hall–Kier alpha value is -1.57. The van der Waals surface area contributed by atoms with Crippen LogP contribution in [0.25, 0.3) is 0 Å². The molecule has 0 bridgehead atoms. The molecule has 0 spiro atoms. The fourth-order valence-corrected chi connectivity index (χ4v) is 1.37. The number of aryl methyl sites for hydroxylation is 1. The first-order valence-corrected chi connectivity index (χ1v) is 5.00. The highest BCUT2D eigenvalue weighted by Crippen LogP contribution is 2.20. The summed E-state index contributed by atoms with van der Waals surface area (Å²) in [6.45, 7) is 7.55. The molecule has 80 valence electrons. The normalized spacial score (nSPS) is 11.9. The highest BCUT2D eigenvalue weighted by atomic mass is 16.5. The molecule has 0 aromatic heterocycles. The van der Waals surface area contributed by atoms with Crippen LogP contribution in [0, 0.1) is 6.92 Å². The maximum atomic E-state index is 10.8. The highest BCUT2D eigenvalue weighted by Gasteiger charge is 2.06. The van der Waals surface area contributed by atoms with E-state index in [1.54, 1.807) is 6.08 Å². The number of hydrogen-bond donors (Lipinski definition) is 0. The molecule has 15 heavy (non-hydrogen) atoms. The van der Waals surface area contributed by atoms with Gasteiger partial charge in [-0.15, -0.1) is 6.58 Å². The molecule has 1 unspecified atom stereocenters. The molecule has 0 aliphatic rings. The summed E-state index contributed by atoms with van der Waals surface area (Å²) in [5, 5.41) is 0. The molecule has 0 aliphatic carbocycles. The van der Waals surface area contributed by atoms with Crippen LogP contribution in [0.4, 0.5) is 0 Å². The molecule has 0 N–H and O–H groups in total. The SMILES string of the molecule is C=CCC(C)Oc1ccc(C)cc1C=O. The third-order valence-corrected chi connectivity index (χ3v) is 2.12. The fourth-order valence-electron chi connectivity index (χ4n) is 1.37. The standard InChI is InChI=1S/C13H16O2/c1-4-5-11(3)15-13-7-6-10(2)8-12(13)9-14/h4,6-9,11H,1,5H2,2-3H3. The van der Waals surface area contributed by atoms with Crippen LogP contribution < -0.4 is 4.74 Å². The van der Waals surface area contributed by atoms with E-state index in [0.29, 0.717) is 11.3 Å². The Labute approximate surface area is 90.6 Å². The van der Waals surface area contributed by atoms with Gasteiger partial charge in [-0.1, -0.05) is 17.7 Å². The monoisotopic (exact) mass is 204 g/mol. The first-order valence-electron chi connectivity index (χ1n) is 5.00. The van der Waals surface area contributed by atoms with Crippen LogP contribution in [-0.2, 0) is 0 Å². The minimum Gasteiger partial charge on any atom is -0.490 e. The third kappa shape index (κ3) is 3.24. The zero-order chi connectivity index (χ0) is 11.3. The van der Waals surface area contributed by atoms with Crippen LogP contribution in [0.5, 0.6) is 5.75 Å². The lowest BCUT2D eigenvalue weighted by Crippen LogP contribution is -2.11. The van der Waals surface area contributed by atoms with Crippen molar-refractivity contribution in [2.24, 2.45) is 0 Å². The van der Waals surface area contributed by atoms with Gasteiger partial charge >= 0.3 is 0 Å². The number of carbonyl (C=O) groups excluding carboxylic acids is 1. The Morgan fingerprint density at radius 1 is 1.53 bits per heavy atom. The van der Waals surface area contributed by atoms with Crippen molar-refractivity contribution in [2.75, 3.05) is 0 Å². The molecule has 0 saturated heterocycles. The van der Waals surface area contributed by atoms with E-state index in [-0.39, 0.29) is 6.10 Å². The van der Waals surface area contributed by atoms with Gasteiger partial charge in [-0.2, -0.15) is 0 Å². The largest absolute Gasteiger partial charge is 0.490 e. The molecule has 0 aliphatic heterocycles. The maximum absolute atomic E-state index is 10.8. The van der Waals surface area contributed by atoms with Gasteiger partial charge < -0.3 is 4.74 Å². The van der Waals surface area contributed by atoms with Crippen LogP contribution in [-0.4, -0.2) is 12.4 Å². The van der Waals surface area contributed by atoms with Gasteiger partial charge in [0.15, 0.2) is 6.29 Å².